The second-order valence-electron chi connectivity index (χ2n) is 3.14. The van der Waals surface area contributed by atoms with E-state index in [4.69, 9.17) is 5.73 Å². The van der Waals surface area contributed by atoms with Gasteiger partial charge in [-0.2, -0.15) is 0 Å². The van der Waals surface area contributed by atoms with E-state index in [9.17, 15) is 4.79 Å². The molecule has 1 aromatic heterocycles. The number of hydrogen-bond acceptors (Lipinski definition) is 4. The van der Waals surface area contributed by atoms with Crippen LogP contribution in [0, 0.1) is 5.92 Å². The Kier molecular flexibility index (Phi) is 3.08. The van der Waals surface area contributed by atoms with Gasteiger partial charge in [0, 0.05) is 24.4 Å². The summed E-state index contributed by atoms with van der Waals surface area (Å²) in [7, 11) is 0. The number of aromatic nitrogens is 2. The van der Waals surface area contributed by atoms with E-state index in [2.05, 4.69) is 9.97 Å². The predicted molar refractivity (Wildman–Crippen MR) is 49.2 cm³/mol. The summed E-state index contributed by atoms with van der Waals surface area (Å²) < 4.78 is 0. The van der Waals surface area contributed by atoms with Crippen molar-refractivity contribution in [2.75, 3.05) is 0 Å². The van der Waals surface area contributed by atoms with Gasteiger partial charge < -0.3 is 5.73 Å². The van der Waals surface area contributed by atoms with Gasteiger partial charge in [0.05, 0.1) is 5.56 Å². The minimum absolute atomic E-state index is 0.00407. The van der Waals surface area contributed by atoms with Crippen molar-refractivity contribution in [3.8, 4) is 0 Å². The number of rotatable bonds is 3. The standard InChI is InChI=1S/C9H13N3O/c1-6(7(2)10)9(13)8-3-11-5-12-4-8/h3-7H,10H2,1-2H3. The maximum absolute atomic E-state index is 11.6. The van der Waals surface area contributed by atoms with Gasteiger partial charge >= 0.3 is 0 Å². The van der Waals surface area contributed by atoms with Crippen LogP contribution in [0.15, 0.2) is 18.7 Å². The van der Waals surface area contributed by atoms with Crippen molar-refractivity contribution in [3.05, 3.63) is 24.3 Å². The van der Waals surface area contributed by atoms with Gasteiger partial charge in [-0.1, -0.05) is 6.92 Å². The molecule has 4 nitrogen and oxygen atoms in total. The van der Waals surface area contributed by atoms with Crippen LogP contribution in [0.4, 0.5) is 0 Å². The molecular weight excluding hydrogens is 166 g/mol. The van der Waals surface area contributed by atoms with Gasteiger partial charge in [-0.15, -0.1) is 0 Å². The molecule has 0 aliphatic heterocycles. The summed E-state index contributed by atoms with van der Waals surface area (Å²) in [4.78, 5) is 19.2. The maximum Gasteiger partial charge on any atom is 0.170 e. The van der Waals surface area contributed by atoms with Crippen LogP contribution in [-0.2, 0) is 0 Å². The van der Waals surface area contributed by atoms with E-state index in [1.54, 1.807) is 6.92 Å². The van der Waals surface area contributed by atoms with Crippen molar-refractivity contribution in [2.45, 2.75) is 19.9 Å². The molecule has 13 heavy (non-hydrogen) atoms. The molecule has 0 saturated heterocycles. The molecule has 0 saturated carbocycles. The first kappa shape index (κ1) is 9.80. The molecule has 0 aliphatic rings. The van der Waals surface area contributed by atoms with E-state index in [1.807, 2.05) is 6.92 Å². The highest BCUT2D eigenvalue weighted by atomic mass is 16.1. The van der Waals surface area contributed by atoms with E-state index < -0.39 is 0 Å². The maximum atomic E-state index is 11.6. The Morgan fingerprint density at radius 1 is 1.38 bits per heavy atom. The highest BCUT2D eigenvalue weighted by Crippen LogP contribution is 2.08. The number of carbonyl (C=O) groups excluding carboxylic acids is 1. The van der Waals surface area contributed by atoms with Crippen molar-refractivity contribution < 1.29 is 4.79 Å². The lowest BCUT2D eigenvalue weighted by Crippen LogP contribution is -2.30. The molecule has 1 rings (SSSR count). The molecule has 0 amide bonds. The second-order valence-corrected chi connectivity index (χ2v) is 3.14. The minimum atomic E-state index is -0.189. The molecule has 2 N–H and O–H groups in total. The molecule has 0 radical (unpaired) electrons. The van der Waals surface area contributed by atoms with Crippen molar-refractivity contribution >= 4 is 5.78 Å². The Morgan fingerprint density at radius 2 is 1.92 bits per heavy atom. The van der Waals surface area contributed by atoms with Crippen LogP contribution in [0.3, 0.4) is 0 Å². The van der Waals surface area contributed by atoms with Crippen molar-refractivity contribution in [3.63, 3.8) is 0 Å². The van der Waals surface area contributed by atoms with Gasteiger partial charge in [-0.3, -0.25) is 4.79 Å². The number of ketones is 1. The first-order valence-corrected chi connectivity index (χ1v) is 4.17. The summed E-state index contributed by atoms with van der Waals surface area (Å²) in [5, 5.41) is 0. The molecule has 4 heteroatoms. The molecule has 1 heterocycles. The van der Waals surface area contributed by atoms with Crippen LogP contribution in [0.25, 0.3) is 0 Å². The molecule has 70 valence electrons. The Hall–Kier alpha value is -1.29. The molecule has 0 spiro atoms. The Labute approximate surface area is 77.2 Å². The lowest BCUT2D eigenvalue weighted by atomic mass is 9.96. The zero-order valence-electron chi connectivity index (χ0n) is 7.77. The summed E-state index contributed by atoms with van der Waals surface area (Å²) in [5.41, 5.74) is 6.13. The quantitative estimate of drug-likeness (QED) is 0.691. The third-order valence-corrected chi connectivity index (χ3v) is 2.05. The molecular formula is C9H13N3O. The van der Waals surface area contributed by atoms with Crippen LogP contribution in [0.2, 0.25) is 0 Å². The highest BCUT2D eigenvalue weighted by Gasteiger charge is 2.18. The first-order chi connectivity index (χ1) is 6.13. The number of carbonyl (C=O) groups is 1. The SMILES string of the molecule is CC(N)C(C)C(=O)c1cncnc1. The molecule has 1 aromatic rings. The molecule has 0 bridgehead atoms. The zero-order chi connectivity index (χ0) is 9.84. The molecule has 0 aromatic carbocycles. The van der Waals surface area contributed by atoms with Crippen molar-refractivity contribution in [2.24, 2.45) is 11.7 Å². The predicted octanol–water partition coefficient (Wildman–Crippen LogP) is 0.643. The van der Waals surface area contributed by atoms with Gasteiger partial charge in [-0.25, -0.2) is 9.97 Å². The monoisotopic (exact) mass is 179 g/mol. The number of nitrogens with zero attached hydrogens (tertiary/aromatic N) is 2. The van der Waals surface area contributed by atoms with Crippen LogP contribution in [0.1, 0.15) is 24.2 Å². The summed E-state index contributed by atoms with van der Waals surface area (Å²) >= 11 is 0. The Bertz CT molecular complexity index is 284. The molecule has 2 unspecified atom stereocenters. The van der Waals surface area contributed by atoms with Crippen LogP contribution >= 0.6 is 0 Å². The summed E-state index contributed by atoms with van der Waals surface area (Å²) in [5.74, 6) is -0.193. The van der Waals surface area contributed by atoms with Gasteiger partial charge in [0.1, 0.15) is 6.33 Å². The Morgan fingerprint density at radius 3 is 2.38 bits per heavy atom. The van der Waals surface area contributed by atoms with Crippen LogP contribution in [-0.4, -0.2) is 21.8 Å². The lowest BCUT2D eigenvalue weighted by Gasteiger charge is -2.13. The normalized spacial score (nSPS) is 15.0. The lowest BCUT2D eigenvalue weighted by molar-refractivity contribution is 0.0916. The minimum Gasteiger partial charge on any atom is -0.327 e. The van der Waals surface area contributed by atoms with Gasteiger partial charge in [0.25, 0.3) is 0 Å². The number of nitrogens with two attached hydrogens (primary N) is 1. The van der Waals surface area contributed by atoms with Gasteiger partial charge in [-0.05, 0) is 6.92 Å². The first-order valence-electron chi connectivity index (χ1n) is 4.17. The van der Waals surface area contributed by atoms with E-state index in [1.165, 1.54) is 18.7 Å². The molecule has 0 aliphatic carbocycles. The van der Waals surface area contributed by atoms with Gasteiger partial charge in [0.15, 0.2) is 5.78 Å². The third kappa shape index (κ3) is 2.32. The van der Waals surface area contributed by atoms with Crippen LogP contribution in [0.5, 0.6) is 0 Å². The molecule has 0 fully saturated rings. The van der Waals surface area contributed by atoms with Gasteiger partial charge in [0.2, 0.25) is 0 Å². The third-order valence-electron chi connectivity index (χ3n) is 2.05. The average Bonchev–Trinajstić information content (AvgIpc) is 2.17. The largest absolute Gasteiger partial charge is 0.327 e. The number of Topliss-reactive ketones (excluding diaryl/α,β-unsaturated/α-hetero) is 1. The number of hydrogen-bond donors (Lipinski definition) is 1. The summed E-state index contributed by atoms with van der Waals surface area (Å²) in [6.45, 7) is 3.62. The van der Waals surface area contributed by atoms with Crippen LogP contribution < -0.4 is 5.73 Å². The van der Waals surface area contributed by atoms with E-state index in [0.717, 1.165) is 0 Å². The van der Waals surface area contributed by atoms with Crippen molar-refractivity contribution in [1.29, 1.82) is 0 Å². The smallest absolute Gasteiger partial charge is 0.170 e. The zero-order valence-corrected chi connectivity index (χ0v) is 7.77. The fourth-order valence-electron chi connectivity index (χ4n) is 0.928. The molecule has 2 atom stereocenters. The van der Waals surface area contributed by atoms with Crippen molar-refractivity contribution in [1.82, 2.24) is 9.97 Å². The Balaban J connectivity index is 2.80. The van der Waals surface area contributed by atoms with E-state index >= 15 is 0 Å². The fraction of sp³-hybridized carbons (Fsp3) is 0.444. The summed E-state index contributed by atoms with van der Waals surface area (Å²) in [6, 6.07) is -0.146. The average molecular weight is 179 g/mol. The second kappa shape index (κ2) is 4.09. The van der Waals surface area contributed by atoms with E-state index in [-0.39, 0.29) is 17.7 Å². The fourth-order valence-corrected chi connectivity index (χ4v) is 0.928. The summed E-state index contributed by atoms with van der Waals surface area (Å²) in [6.07, 6.45) is 4.41. The highest BCUT2D eigenvalue weighted by molar-refractivity contribution is 5.97. The van der Waals surface area contributed by atoms with E-state index in [0.29, 0.717) is 5.56 Å². The topological polar surface area (TPSA) is 68.9 Å².